The van der Waals surface area contributed by atoms with E-state index in [2.05, 4.69) is 36.1 Å². The molecule has 2 atom stereocenters. The van der Waals surface area contributed by atoms with E-state index < -0.39 is 0 Å². The van der Waals surface area contributed by atoms with Crippen molar-refractivity contribution in [1.82, 2.24) is 20.3 Å². The first-order chi connectivity index (χ1) is 7.74. The molecule has 0 saturated heterocycles. The standard InChI is InChI=1S/C12H22N4/c1-4-6-11(2)12(3)13-7-5-9-16-10-8-14-15-16/h4,8,10-13H,1,5-7,9H2,2-3H3. The normalized spacial score (nSPS) is 14.6. The molecular weight excluding hydrogens is 200 g/mol. The van der Waals surface area contributed by atoms with Crippen LogP contribution in [0.5, 0.6) is 0 Å². The molecule has 0 spiro atoms. The maximum Gasteiger partial charge on any atom is 0.0692 e. The molecule has 16 heavy (non-hydrogen) atoms. The fourth-order valence-corrected chi connectivity index (χ4v) is 1.59. The third-order valence-corrected chi connectivity index (χ3v) is 2.89. The molecule has 2 unspecified atom stereocenters. The van der Waals surface area contributed by atoms with Crippen molar-refractivity contribution in [1.29, 1.82) is 0 Å². The van der Waals surface area contributed by atoms with Crippen LogP contribution in [0.4, 0.5) is 0 Å². The second kappa shape index (κ2) is 7.17. The molecule has 0 radical (unpaired) electrons. The Morgan fingerprint density at radius 2 is 2.31 bits per heavy atom. The molecule has 0 fully saturated rings. The number of hydrogen-bond donors (Lipinski definition) is 1. The lowest BCUT2D eigenvalue weighted by Crippen LogP contribution is -2.33. The van der Waals surface area contributed by atoms with Crippen molar-refractivity contribution in [2.45, 2.75) is 39.3 Å². The summed E-state index contributed by atoms with van der Waals surface area (Å²) >= 11 is 0. The molecule has 0 aromatic carbocycles. The van der Waals surface area contributed by atoms with Gasteiger partial charge in [-0.2, -0.15) is 0 Å². The highest BCUT2D eigenvalue weighted by Gasteiger charge is 2.08. The zero-order valence-corrected chi connectivity index (χ0v) is 10.3. The van der Waals surface area contributed by atoms with E-state index in [1.165, 1.54) is 0 Å². The van der Waals surface area contributed by atoms with E-state index in [-0.39, 0.29) is 0 Å². The van der Waals surface area contributed by atoms with E-state index in [0.717, 1.165) is 25.9 Å². The molecule has 1 rings (SSSR count). The zero-order valence-electron chi connectivity index (χ0n) is 10.3. The molecular formula is C12H22N4. The van der Waals surface area contributed by atoms with Crippen LogP contribution < -0.4 is 5.32 Å². The van der Waals surface area contributed by atoms with Gasteiger partial charge in [-0.3, -0.25) is 4.68 Å². The number of aromatic nitrogens is 3. The van der Waals surface area contributed by atoms with Crippen LogP contribution in [0.3, 0.4) is 0 Å². The second-order valence-electron chi connectivity index (χ2n) is 4.26. The Bertz CT molecular complexity index is 281. The summed E-state index contributed by atoms with van der Waals surface area (Å²) in [6.07, 6.45) is 7.73. The van der Waals surface area contributed by atoms with Gasteiger partial charge in [0.1, 0.15) is 0 Å². The van der Waals surface area contributed by atoms with Crippen molar-refractivity contribution in [3.05, 3.63) is 25.0 Å². The van der Waals surface area contributed by atoms with Crippen LogP contribution in [-0.2, 0) is 6.54 Å². The summed E-state index contributed by atoms with van der Waals surface area (Å²) in [4.78, 5) is 0. The highest BCUT2D eigenvalue weighted by molar-refractivity contribution is 4.77. The lowest BCUT2D eigenvalue weighted by molar-refractivity contribution is 0.393. The Labute approximate surface area is 97.7 Å². The molecule has 4 nitrogen and oxygen atoms in total. The number of nitrogens with one attached hydrogen (secondary N) is 1. The third-order valence-electron chi connectivity index (χ3n) is 2.89. The Balaban J connectivity index is 2.08. The first-order valence-corrected chi connectivity index (χ1v) is 5.92. The number of hydrogen-bond acceptors (Lipinski definition) is 3. The molecule has 4 heteroatoms. The van der Waals surface area contributed by atoms with Crippen LogP contribution >= 0.6 is 0 Å². The van der Waals surface area contributed by atoms with E-state index >= 15 is 0 Å². The topological polar surface area (TPSA) is 42.7 Å². The summed E-state index contributed by atoms with van der Waals surface area (Å²) in [5.74, 6) is 0.642. The molecule has 1 N–H and O–H groups in total. The van der Waals surface area contributed by atoms with Gasteiger partial charge in [0, 0.05) is 18.8 Å². The first kappa shape index (κ1) is 12.9. The Morgan fingerprint density at radius 1 is 1.50 bits per heavy atom. The molecule has 0 amide bonds. The molecule has 1 aromatic heterocycles. The average Bonchev–Trinajstić information content (AvgIpc) is 2.77. The van der Waals surface area contributed by atoms with Gasteiger partial charge in [-0.25, -0.2) is 0 Å². The summed E-state index contributed by atoms with van der Waals surface area (Å²) in [5, 5.41) is 11.2. The summed E-state index contributed by atoms with van der Waals surface area (Å²) < 4.78 is 1.86. The van der Waals surface area contributed by atoms with E-state index in [4.69, 9.17) is 0 Å². The molecule has 0 aliphatic heterocycles. The van der Waals surface area contributed by atoms with E-state index in [9.17, 15) is 0 Å². The van der Waals surface area contributed by atoms with Crippen molar-refractivity contribution < 1.29 is 0 Å². The van der Waals surface area contributed by atoms with Crippen LogP contribution in [0, 0.1) is 5.92 Å². The van der Waals surface area contributed by atoms with Crippen molar-refractivity contribution >= 4 is 0 Å². The highest BCUT2D eigenvalue weighted by Crippen LogP contribution is 2.07. The van der Waals surface area contributed by atoms with Gasteiger partial charge in [-0.05, 0) is 32.2 Å². The van der Waals surface area contributed by atoms with Gasteiger partial charge in [-0.15, -0.1) is 11.7 Å². The van der Waals surface area contributed by atoms with Crippen LogP contribution in [-0.4, -0.2) is 27.6 Å². The van der Waals surface area contributed by atoms with Crippen molar-refractivity contribution in [3.63, 3.8) is 0 Å². The van der Waals surface area contributed by atoms with Crippen LogP contribution in [0.2, 0.25) is 0 Å². The van der Waals surface area contributed by atoms with Crippen molar-refractivity contribution in [2.24, 2.45) is 5.92 Å². The number of allylic oxidation sites excluding steroid dienone is 1. The molecule has 0 aliphatic rings. The molecule has 0 saturated carbocycles. The van der Waals surface area contributed by atoms with Gasteiger partial charge in [0.15, 0.2) is 0 Å². The highest BCUT2D eigenvalue weighted by atomic mass is 15.4. The predicted octanol–water partition coefficient (Wildman–Crippen LogP) is 1.86. The van der Waals surface area contributed by atoms with Gasteiger partial charge in [0.05, 0.1) is 6.20 Å². The largest absolute Gasteiger partial charge is 0.314 e. The van der Waals surface area contributed by atoms with Crippen LogP contribution in [0.1, 0.15) is 26.7 Å². The van der Waals surface area contributed by atoms with Gasteiger partial charge >= 0.3 is 0 Å². The lowest BCUT2D eigenvalue weighted by Gasteiger charge is -2.19. The maximum atomic E-state index is 3.92. The number of rotatable bonds is 8. The number of nitrogens with zero attached hydrogens (tertiary/aromatic N) is 3. The zero-order chi connectivity index (χ0) is 11.8. The SMILES string of the molecule is C=CCC(C)C(C)NCCCn1ccnn1. The van der Waals surface area contributed by atoms with Gasteiger partial charge in [0.25, 0.3) is 0 Å². The monoisotopic (exact) mass is 222 g/mol. The first-order valence-electron chi connectivity index (χ1n) is 5.92. The fourth-order valence-electron chi connectivity index (χ4n) is 1.59. The quantitative estimate of drug-likeness (QED) is 0.539. The Hall–Kier alpha value is -1.16. The van der Waals surface area contributed by atoms with E-state index in [1.54, 1.807) is 6.20 Å². The molecule has 0 aliphatic carbocycles. The molecule has 90 valence electrons. The number of aryl methyl sites for hydroxylation is 1. The average molecular weight is 222 g/mol. The summed E-state index contributed by atoms with van der Waals surface area (Å²) in [7, 11) is 0. The summed E-state index contributed by atoms with van der Waals surface area (Å²) in [6, 6.07) is 0.536. The van der Waals surface area contributed by atoms with Gasteiger partial charge in [-0.1, -0.05) is 18.2 Å². The molecule has 0 bridgehead atoms. The smallest absolute Gasteiger partial charge is 0.0692 e. The van der Waals surface area contributed by atoms with Gasteiger partial charge in [0.2, 0.25) is 0 Å². The third kappa shape index (κ3) is 4.57. The minimum atomic E-state index is 0.536. The second-order valence-corrected chi connectivity index (χ2v) is 4.26. The van der Waals surface area contributed by atoms with Crippen LogP contribution in [0.25, 0.3) is 0 Å². The maximum absolute atomic E-state index is 3.92. The molecule has 1 heterocycles. The lowest BCUT2D eigenvalue weighted by atomic mass is 10.00. The van der Waals surface area contributed by atoms with Gasteiger partial charge < -0.3 is 5.32 Å². The minimum absolute atomic E-state index is 0.536. The molecule has 1 aromatic rings. The summed E-state index contributed by atoms with van der Waals surface area (Å²) in [5.41, 5.74) is 0. The fraction of sp³-hybridized carbons (Fsp3) is 0.667. The Morgan fingerprint density at radius 3 is 2.94 bits per heavy atom. The van der Waals surface area contributed by atoms with E-state index in [1.807, 2.05) is 17.0 Å². The van der Waals surface area contributed by atoms with E-state index in [0.29, 0.717) is 12.0 Å². The van der Waals surface area contributed by atoms with Crippen molar-refractivity contribution in [2.75, 3.05) is 6.54 Å². The minimum Gasteiger partial charge on any atom is -0.314 e. The predicted molar refractivity (Wildman–Crippen MR) is 66.1 cm³/mol. The summed E-state index contributed by atoms with van der Waals surface area (Å²) in [6.45, 7) is 10.2. The van der Waals surface area contributed by atoms with Crippen LogP contribution in [0.15, 0.2) is 25.0 Å². The van der Waals surface area contributed by atoms with Crippen molar-refractivity contribution in [3.8, 4) is 0 Å². The Kier molecular flexibility index (Phi) is 5.78.